The second kappa shape index (κ2) is 12.4. The van der Waals surface area contributed by atoms with Gasteiger partial charge in [0.05, 0.1) is 5.01 Å². The number of halogens is 1. The molecule has 0 fully saturated rings. The van der Waals surface area contributed by atoms with Gasteiger partial charge in [-0.1, -0.05) is 13.3 Å². The molecule has 0 saturated heterocycles. The van der Waals surface area contributed by atoms with Gasteiger partial charge in [0.25, 0.3) is 0 Å². The summed E-state index contributed by atoms with van der Waals surface area (Å²) in [6, 6.07) is 0. The molecule has 0 spiro atoms. The van der Waals surface area contributed by atoms with Gasteiger partial charge in [-0.3, -0.25) is 4.99 Å². The molecule has 0 amide bonds. The number of fused-ring (bicyclic) bond motifs is 1. The van der Waals surface area contributed by atoms with E-state index in [1.807, 2.05) is 13.2 Å². The maximum absolute atomic E-state index is 4.46. The van der Waals surface area contributed by atoms with Crippen LogP contribution in [0.5, 0.6) is 0 Å². The van der Waals surface area contributed by atoms with E-state index in [9.17, 15) is 0 Å². The Morgan fingerprint density at radius 3 is 2.82 bits per heavy atom. The van der Waals surface area contributed by atoms with E-state index in [-0.39, 0.29) is 24.0 Å². The van der Waals surface area contributed by atoms with Crippen molar-refractivity contribution < 1.29 is 0 Å². The predicted octanol–water partition coefficient (Wildman–Crippen LogP) is 2.98. The third kappa shape index (κ3) is 6.68. The molecule has 0 saturated carbocycles. The van der Waals surface area contributed by atoms with Crippen LogP contribution in [0.3, 0.4) is 0 Å². The van der Waals surface area contributed by atoms with Gasteiger partial charge in [0.1, 0.15) is 11.6 Å². The molecule has 2 aromatic rings. The molecule has 28 heavy (non-hydrogen) atoms. The lowest BCUT2D eigenvalue weighted by atomic mass is 10.2. The number of guanidine groups is 1. The van der Waals surface area contributed by atoms with Gasteiger partial charge in [-0.25, -0.2) is 4.98 Å². The molecule has 3 rings (SSSR count). The molecule has 7 nitrogen and oxygen atoms in total. The molecule has 0 atom stereocenters. The van der Waals surface area contributed by atoms with Crippen LogP contribution in [0.25, 0.3) is 0 Å². The van der Waals surface area contributed by atoms with E-state index in [0.717, 1.165) is 63.5 Å². The van der Waals surface area contributed by atoms with Crippen molar-refractivity contribution in [2.45, 2.75) is 64.8 Å². The summed E-state index contributed by atoms with van der Waals surface area (Å²) >= 11 is 1.80. The lowest BCUT2D eigenvalue weighted by Crippen LogP contribution is -2.38. The third-order valence-corrected chi connectivity index (χ3v) is 6.06. The smallest absolute Gasteiger partial charge is 0.190 e. The van der Waals surface area contributed by atoms with Gasteiger partial charge in [0.15, 0.2) is 5.96 Å². The van der Waals surface area contributed by atoms with Gasteiger partial charge in [0, 0.05) is 57.0 Å². The Kier molecular flexibility index (Phi) is 10.2. The van der Waals surface area contributed by atoms with Crippen molar-refractivity contribution >= 4 is 41.3 Å². The molecule has 0 bridgehead atoms. The Morgan fingerprint density at radius 2 is 2.04 bits per heavy atom. The molecule has 0 unspecified atom stereocenters. The summed E-state index contributed by atoms with van der Waals surface area (Å²) in [6.07, 6.45) is 10.8. The van der Waals surface area contributed by atoms with Crippen LogP contribution in [0, 0.1) is 0 Å². The van der Waals surface area contributed by atoms with Crippen LogP contribution in [-0.2, 0) is 32.2 Å². The van der Waals surface area contributed by atoms with E-state index >= 15 is 0 Å². The molecule has 9 heteroatoms. The Balaban J connectivity index is 0.00000280. The summed E-state index contributed by atoms with van der Waals surface area (Å²) in [4.78, 5) is 10.1. The Hall–Kier alpha value is -1.23. The second-order valence-corrected chi connectivity index (χ2v) is 8.05. The van der Waals surface area contributed by atoms with Gasteiger partial charge < -0.3 is 15.2 Å². The molecule has 0 aliphatic carbocycles. The molecule has 0 aromatic carbocycles. The van der Waals surface area contributed by atoms with Gasteiger partial charge in [-0.05, 0) is 25.7 Å². The fourth-order valence-electron chi connectivity index (χ4n) is 3.32. The molecule has 1 aliphatic heterocycles. The summed E-state index contributed by atoms with van der Waals surface area (Å²) in [6.45, 7) is 4.95. The van der Waals surface area contributed by atoms with Crippen molar-refractivity contribution in [2.24, 2.45) is 4.99 Å². The third-order valence-electron chi connectivity index (χ3n) is 4.86. The molecule has 2 aromatic heterocycles. The van der Waals surface area contributed by atoms with Crippen molar-refractivity contribution in [3.8, 4) is 0 Å². The summed E-state index contributed by atoms with van der Waals surface area (Å²) in [5, 5.41) is 16.7. The van der Waals surface area contributed by atoms with Crippen LogP contribution in [0.4, 0.5) is 0 Å². The number of aliphatic imine (C=N–C) groups is 1. The van der Waals surface area contributed by atoms with Gasteiger partial charge >= 0.3 is 0 Å². The van der Waals surface area contributed by atoms with Crippen LogP contribution < -0.4 is 10.6 Å². The largest absolute Gasteiger partial charge is 0.356 e. The van der Waals surface area contributed by atoms with Crippen molar-refractivity contribution in [1.82, 2.24) is 30.4 Å². The molecular weight excluding hydrogens is 485 g/mol. The first-order valence-corrected chi connectivity index (χ1v) is 10.9. The van der Waals surface area contributed by atoms with Crippen LogP contribution in [0.2, 0.25) is 0 Å². The van der Waals surface area contributed by atoms with Crippen molar-refractivity contribution in [1.29, 1.82) is 0 Å². The van der Waals surface area contributed by atoms with E-state index < -0.39 is 0 Å². The number of hydrogen-bond donors (Lipinski definition) is 2. The fourth-order valence-corrected chi connectivity index (χ4v) is 4.18. The Morgan fingerprint density at radius 1 is 1.18 bits per heavy atom. The van der Waals surface area contributed by atoms with Gasteiger partial charge in [0.2, 0.25) is 0 Å². The first kappa shape index (κ1) is 23.1. The van der Waals surface area contributed by atoms with E-state index in [0.29, 0.717) is 0 Å². The summed E-state index contributed by atoms with van der Waals surface area (Å²) < 4.78 is 2.33. The van der Waals surface area contributed by atoms with Gasteiger partial charge in [-0.15, -0.1) is 45.5 Å². The van der Waals surface area contributed by atoms with Crippen LogP contribution >= 0.6 is 35.3 Å². The summed E-state index contributed by atoms with van der Waals surface area (Å²) in [5.41, 5.74) is 0. The van der Waals surface area contributed by atoms with E-state index in [1.165, 1.54) is 35.0 Å². The molecule has 1 aliphatic rings. The Labute approximate surface area is 188 Å². The van der Waals surface area contributed by atoms with Crippen LogP contribution in [0.15, 0.2) is 11.2 Å². The Bertz CT molecular complexity index is 740. The summed E-state index contributed by atoms with van der Waals surface area (Å²) in [7, 11) is 1.81. The fraction of sp³-hybridized carbons (Fsp3) is 0.684. The van der Waals surface area contributed by atoms with Crippen LogP contribution in [-0.4, -0.2) is 45.8 Å². The van der Waals surface area contributed by atoms with Gasteiger partial charge in [-0.2, -0.15) is 0 Å². The molecular formula is C19H32IN7S. The van der Waals surface area contributed by atoms with E-state index in [2.05, 4.69) is 42.3 Å². The highest BCUT2D eigenvalue weighted by Gasteiger charge is 2.14. The highest BCUT2D eigenvalue weighted by Crippen LogP contribution is 2.15. The average Bonchev–Trinajstić information content (AvgIpc) is 3.23. The monoisotopic (exact) mass is 517 g/mol. The predicted molar refractivity (Wildman–Crippen MR) is 126 cm³/mol. The quantitative estimate of drug-likeness (QED) is 0.244. The number of rotatable bonds is 8. The molecule has 2 N–H and O–H groups in total. The van der Waals surface area contributed by atoms with E-state index in [4.69, 9.17) is 0 Å². The number of aromatic nitrogens is 4. The normalized spacial score (nSPS) is 14.1. The lowest BCUT2D eigenvalue weighted by Gasteiger charge is -2.11. The van der Waals surface area contributed by atoms with Crippen molar-refractivity contribution in [2.75, 3.05) is 20.1 Å². The maximum Gasteiger partial charge on any atom is 0.190 e. The summed E-state index contributed by atoms with van der Waals surface area (Å²) in [5.74, 6) is 3.15. The lowest BCUT2D eigenvalue weighted by molar-refractivity contribution is 0.594. The maximum atomic E-state index is 4.46. The highest BCUT2D eigenvalue weighted by atomic mass is 127. The van der Waals surface area contributed by atoms with Crippen molar-refractivity contribution in [3.05, 3.63) is 27.7 Å². The minimum absolute atomic E-state index is 0. The van der Waals surface area contributed by atoms with E-state index in [1.54, 1.807) is 11.3 Å². The second-order valence-electron chi connectivity index (χ2n) is 6.85. The average molecular weight is 517 g/mol. The number of aryl methyl sites for hydroxylation is 3. The minimum atomic E-state index is 0. The van der Waals surface area contributed by atoms with Crippen molar-refractivity contribution in [3.63, 3.8) is 0 Å². The highest BCUT2D eigenvalue weighted by molar-refractivity contribution is 14.0. The number of hydrogen-bond acceptors (Lipinski definition) is 5. The molecule has 156 valence electrons. The number of nitrogens with one attached hydrogen (secondary N) is 2. The number of nitrogens with zero attached hydrogens (tertiary/aromatic N) is 5. The van der Waals surface area contributed by atoms with Crippen LogP contribution in [0.1, 0.15) is 54.1 Å². The number of thiazole rings is 1. The standard InChI is InChI=1S/C19H31N7S.HI/c1-3-15-14-23-18(27-15)10-12-22-19(20-2)21-11-7-9-17-25-24-16-8-5-4-6-13-26(16)17;/h14H,3-13H2,1-2H3,(H2,20,21,22);1H. The zero-order valence-corrected chi connectivity index (χ0v) is 20.1. The zero-order chi connectivity index (χ0) is 18.9. The minimum Gasteiger partial charge on any atom is -0.356 e. The topological polar surface area (TPSA) is 80.0 Å². The SMILES string of the molecule is CCc1cnc(CCNC(=NC)NCCCc2nnc3n2CCCCC3)s1.I. The first-order chi connectivity index (χ1) is 13.3. The molecule has 3 heterocycles. The molecule has 0 radical (unpaired) electrons. The zero-order valence-electron chi connectivity index (χ0n) is 16.9. The first-order valence-electron chi connectivity index (χ1n) is 10.1.